The van der Waals surface area contributed by atoms with Crippen LogP contribution in [0.25, 0.3) is 0 Å². The first-order valence-corrected chi connectivity index (χ1v) is 11.3. The number of aliphatic hydroxyl groups is 3. The largest absolute Gasteiger partial charge is 0.392 e. The normalized spacial score (nSPS) is 68.2. The number of ether oxygens (including phenoxy) is 1. The molecular formula is C22H36NO4+. The van der Waals surface area contributed by atoms with Crippen LogP contribution in [-0.2, 0) is 4.74 Å². The quantitative estimate of drug-likeness (QED) is 0.539. The Morgan fingerprint density at radius 3 is 2.67 bits per heavy atom. The summed E-state index contributed by atoms with van der Waals surface area (Å²) in [4.78, 5) is 1.60. The van der Waals surface area contributed by atoms with Crippen molar-refractivity contribution in [1.82, 2.24) is 0 Å². The van der Waals surface area contributed by atoms with Gasteiger partial charge in [-0.2, -0.15) is 0 Å². The molecule has 5 aliphatic carbocycles. The average molecular weight is 379 g/mol. The summed E-state index contributed by atoms with van der Waals surface area (Å²) in [7, 11) is 1.73. The molecular weight excluding hydrogens is 342 g/mol. The van der Waals surface area contributed by atoms with Crippen molar-refractivity contribution in [2.75, 3.05) is 20.2 Å². The first kappa shape index (κ1) is 17.6. The maximum atomic E-state index is 12.2. The van der Waals surface area contributed by atoms with Gasteiger partial charge in [0, 0.05) is 36.7 Å². The van der Waals surface area contributed by atoms with Gasteiger partial charge in [0.05, 0.1) is 42.4 Å². The lowest BCUT2D eigenvalue weighted by Gasteiger charge is -2.66. The van der Waals surface area contributed by atoms with Gasteiger partial charge in [-0.15, -0.1) is 0 Å². The highest BCUT2D eigenvalue weighted by Crippen LogP contribution is 2.76. The Balaban J connectivity index is 1.59. The Bertz CT molecular complexity index is 673. The number of hydrogen-bond acceptors (Lipinski definition) is 4. The monoisotopic (exact) mass is 378 g/mol. The highest BCUT2D eigenvalue weighted by Gasteiger charge is 2.84. The lowest BCUT2D eigenvalue weighted by Crippen LogP contribution is -3.21. The van der Waals surface area contributed by atoms with Crippen molar-refractivity contribution in [3.63, 3.8) is 0 Å². The molecule has 1 spiro atoms. The molecule has 5 saturated carbocycles. The number of rotatable bonds is 2. The van der Waals surface area contributed by atoms with E-state index < -0.39 is 11.7 Å². The number of quaternary nitrogens is 1. The molecule has 7 bridgehead atoms. The van der Waals surface area contributed by atoms with Crippen LogP contribution in [0.3, 0.4) is 0 Å². The Morgan fingerprint density at radius 1 is 1.19 bits per heavy atom. The second-order valence-electron chi connectivity index (χ2n) is 11.3. The average Bonchev–Trinajstić information content (AvgIpc) is 3.07. The minimum atomic E-state index is -0.837. The molecule has 6 aliphatic rings. The Labute approximate surface area is 162 Å². The maximum Gasteiger partial charge on any atom is 0.102 e. The van der Waals surface area contributed by atoms with E-state index >= 15 is 0 Å². The van der Waals surface area contributed by atoms with E-state index in [4.69, 9.17) is 4.74 Å². The Morgan fingerprint density at radius 2 is 1.96 bits per heavy atom. The van der Waals surface area contributed by atoms with E-state index in [1.54, 1.807) is 12.0 Å². The van der Waals surface area contributed by atoms with Crippen LogP contribution in [-0.4, -0.2) is 65.5 Å². The van der Waals surface area contributed by atoms with E-state index in [0.717, 1.165) is 32.2 Å². The first-order chi connectivity index (χ1) is 12.8. The molecule has 0 aromatic carbocycles. The van der Waals surface area contributed by atoms with Crippen molar-refractivity contribution in [1.29, 1.82) is 0 Å². The molecule has 1 heterocycles. The molecule has 27 heavy (non-hydrogen) atoms. The van der Waals surface area contributed by atoms with Crippen molar-refractivity contribution >= 4 is 0 Å². The van der Waals surface area contributed by atoms with Gasteiger partial charge in [-0.25, -0.2) is 0 Å². The second-order valence-corrected chi connectivity index (χ2v) is 11.3. The fourth-order valence-electron chi connectivity index (χ4n) is 10.3. The van der Waals surface area contributed by atoms with E-state index in [2.05, 4.69) is 13.8 Å². The minimum Gasteiger partial charge on any atom is -0.392 e. The number of hydrogen-bond donors (Lipinski definition) is 4. The molecule has 4 N–H and O–H groups in total. The van der Waals surface area contributed by atoms with Gasteiger partial charge in [-0.05, 0) is 44.4 Å². The Hall–Kier alpha value is -0.200. The number of fused-ring (bicyclic) bond motifs is 2. The molecule has 5 nitrogen and oxygen atoms in total. The smallest absolute Gasteiger partial charge is 0.102 e. The predicted octanol–water partition coefficient (Wildman–Crippen LogP) is -0.166. The van der Waals surface area contributed by atoms with Crippen LogP contribution in [0.4, 0.5) is 0 Å². The Kier molecular flexibility index (Phi) is 3.33. The molecule has 0 amide bonds. The lowest BCUT2D eigenvalue weighted by molar-refractivity contribution is -0.952. The first-order valence-electron chi connectivity index (χ1n) is 11.3. The van der Waals surface area contributed by atoms with Crippen molar-refractivity contribution in [2.45, 2.75) is 75.9 Å². The van der Waals surface area contributed by atoms with Crippen molar-refractivity contribution < 1.29 is 25.0 Å². The predicted molar refractivity (Wildman–Crippen MR) is 99.0 cm³/mol. The topological polar surface area (TPSA) is 74.4 Å². The van der Waals surface area contributed by atoms with Crippen LogP contribution >= 0.6 is 0 Å². The summed E-state index contributed by atoms with van der Waals surface area (Å²) in [5.41, 5.74) is -0.693. The molecule has 1 aliphatic heterocycles. The van der Waals surface area contributed by atoms with Crippen LogP contribution in [0.5, 0.6) is 0 Å². The molecule has 0 radical (unpaired) electrons. The van der Waals surface area contributed by atoms with Gasteiger partial charge in [0.15, 0.2) is 0 Å². The minimum absolute atomic E-state index is 0.0564. The van der Waals surface area contributed by atoms with E-state index in [1.165, 1.54) is 6.54 Å². The third-order valence-electron chi connectivity index (χ3n) is 10.9. The fourth-order valence-corrected chi connectivity index (χ4v) is 10.3. The summed E-state index contributed by atoms with van der Waals surface area (Å²) in [6.07, 6.45) is 3.78. The van der Waals surface area contributed by atoms with Gasteiger partial charge >= 0.3 is 0 Å². The zero-order valence-corrected chi connectivity index (χ0v) is 16.9. The third-order valence-corrected chi connectivity index (χ3v) is 10.9. The van der Waals surface area contributed by atoms with Crippen LogP contribution in [0.2, 0.25) is 0 Å². The third kappa shape index (κ3) is 1.66. The summed E-state index contributed by atoms with van der Waals surface area (Å²) in [6.45, 7) is 6.97. The summed E-state index contributed by atoms with van der Waals surface area (Å²) >= 11 is 0. The number of nitrogens with one attached hydrogen (secondary N) is 1. The van der Waals surface area contributed by atoms with Gasteiger partial charge in [-0.1, -0.05) is 6.92 Å². The molecule has 0 aromatic rings. The van der Waals surface area contributed by atoms with Gasteiger partial charge in [-0.3, -0.25) is 0 Å². The zero-order valence-electron chi connectivity index (χ0n) is 16.9. The fraction of sp³-hybridized carbons (Fsp3) is 1.00. The van der Waals surface area contributed by atoms with Crippen LogP contribution in [0.1, 0.15) is 46.0 Å². The standard InChI is InChI=1S/C22H35NO4/c1-4-23-10-20(2)6-5-16(24)22-12-7-11-14(27-3)9-21(26,17(12)18(11)25)13(19(22)23)8-15(20)22/h11-19,24-26H,4-10H2,1-3H3/p+1. The molecule has 152 valence electrons. The maximum absolute atomic E-state index is 12.2. The molecule has 1 saturated heterocycles. The van der Waals surface area contributed by atoms with Crippen LogP contribution in [0.15, 0.2) is 0 Å². The highest BCUT2D eigenvalue weighted by molar-refractivity contribution is 5.30. The summed E-state index contributed by atoms with van der Waals surface area (Å²) < 4.78 is 5.80. The summed E-state index contributed by atoms with van der Waals surface area (Å²) in [6, 6.07) is 0.337. The molecule has 13 atom stereocenters. The van der Waals surface area contributed by atoms with Gasteiger partial charge < -0.3 is 25.0 Å². The van der Waals surface area contributed by atoms with Crippen LogP contribution in [0, 0.1) is 40.4 Å². The number of piperidine rings is 1. The van der Waals surface area contributed by atoms with E-state index in [0.29, 0.717) is 18.4 Å². The van der Waals surface area contributed by atoms with Gasteiger partial charge in [0.1, 0.15) is 6.04 Å². The molecule has 6 fully saturated rings. The number of aliphatic hydroxyl groups excluding tert-OH is 2. The molecule has 6 rings (SSSR count). The second kappa shape index (κ2) is 5.10. The molecule has 0 aromatic heterocycles. The summed E-state index contributed by atoms with van der Waals surface area (Å²) in [5.74, 6) is 0.941. The SMILES string of the molecule is CC[NH+]1CC2(C)CCC(O)C34C5CC6C(OC)CC(O)(C(CC23)C14)C5C6O. The van der Waals surface area contributed by atoms with Crippen molar-refractivity contribution in [3.05, 3.63) is 0 Å². The number of likely N-dealkylation sites (tertiary alicyclic amines) is 1. The van der Waals surface area contributed by atoms with Crippen molar-refractivity contribution in [3.8, 4) is 0 Å². The van der Waals surface area contributed by atoms with Crippen LogP contribution < -0.4 is 4.90 Å². The van der Waals surface area contributed by atoms with E-state index in [9.17, 15) is 15.3 Å². The molecule has 13 unspecified atom stereocenters. The summed E-state index contributed by atoms with van der Waals surface area (Å²) in [5, 5.41) is 35.0. The zero-order chi connectivity index (χ0) is 18.9. The van der Waals surface area contributed by atoms with Gasteiger partial charge in [0.2, 0.25) is 0 Å². The number of methoxy groups -OCH3 is 1. The van der Waals surface area contributed by atoms with Gasteiger partial charge in [0.25, 0.3) is 0 Å². The lowest BCUT2D eigenvalue weighted by atomic mass is 9.43. The van der Waals surface area contributed by atoms with Crippen molar-refractivity contribution in [2.24, 2.45) is 40.4 Å². The highest BCUT2D eigenvalue weighted by atomic mass is 16.5. The van der Waals surface area contributed by atoms with E-state index in [-0.39, 0.29) is 46.7 Å². The molecule has 5 heteroatoms. The van der Waals surface area contributed by atoms with E-state index in [1.807, 2.05) is 0 Å².